The van der Waals surface area contributed by atoms with Gasteiger partial charge in [0.05, 0.1) is 6.42 Å². The summed E-state index contributed by atoms with van der Waals surface area (Å²) < 4.78 is 32.0. The molecule has 0 spiro atoms. The van der Waals surface area contributed by atoms with Crippen LogP contribution in [0.2, 0.25) is 0 Å². The minimum atomic E-state index is -4.37. The number of aromatic nitrogens is 4. The second-order valence-corrected chi connectivity index (χ2v) is 11.4. The van der Waals surface area contributed by atoms with Crippen LogP contribution in [0.15, 0.2) is 33.9 Å². The van der Waals surface area contributed by atoms with E-state index in [0.29, 0.717) is 5.57 Å². The first-order chi connectivity index (χ1) is 15.6. The van der Waals surface area contributed by atoms with Crippen LogP contribution in [-0.4, -0.2) is 143 Å². The molecule has 180 valence electrons. The molecule has 19 heteroatoms. The number of fused-ring (bicyclic) bond motifs is 1. The number of carboxylic acid groups (broad SMARTS) is 1. The maximum atomic E-state index is 12.7. The van der Waals surface area contributed by atoms with Gasteiger partial charge in [0.1, 0.15) is 17.1 Å². The number of hydrogen-bond acceptors (Lipinski definition) is 11. The van der Waals surface area contributed by atoms with Crippen LogP contribution >= 0.6 is 34.9 Å². The number of rotatable bonds is 9. The monoisotopic (exact) mass is 580 g/mol. The number of aliphatic carboxylic acids is 1. The quantitative estimate of drug-likeness (QED) is 0.133. The molecular weight excluding hydrogens is 562 g/mol. The zero-order chi connectivity index (χ0) is 23.8. The standard InChI is InChI=1S/C16H16N6O7S4.2Na.2H/c23-10(4-9-2-1-3-30-9)17-11-13(24)22-12(15(25)26)8(5-31-14(11)22)6-32-16-18-19-20-21(16)7-33(27,28)29;;;;/h1-3,11,14H,4-7H2,(H,17,23)(H,25,26)(H,27,28,29);;;;/t11?,14-;;;;/m1..../s1. The summed E-state index contributed by atoms with van der Waals surface area (Å²) in [6.45, 7) is 0. The second-order valence-electron chi connectivity index (χ2n) is 6.93. The molecule has 1 fully saturated rings. The van der Waals surface area contributed by atoms with Gasteiger partial charge in [-0.05, 0) is 27.4 Å². The molecule has 13 nitrogen and oxygen atoms in total. The van der Waals surface area contributed by atoms with Crippen LogP contribution in [0, 0.1) is 0 Å². The third kappa shape index (κ3) is 7.31. The zero-order valence-electron chi connectivity index (χ0n) is 16.5. The van der Waals surface area contributed by atoms with E-state index in [1.165, 1.54) is 23.1 Å². The van der Waals surface area contributed by atoms with Gasteiger partial charge in [-0.3, -0.25) is 19.0 Å². The number of thiophene rings is 1. The number of carbonyl (C=O) groups excluding carboxylic acids is 2. The Labute approximate surface area is 256 Å². The van der Waals surface area contributed by atoms with Crippen molar-refractivity contribution in [2.75, 3.05) is 11.5 Å². The molecule has 0 saturated carbocycles. The van der Waals surface area contributed by atoms with Gasteiger partial charge < -0.3 is 10.4 Å². The third-order valence-electron chi connectivity index (χ3n) is 4.64. The van der Waals surface area contributed by atoms with Gasteiger partial charge in [-0.1, -0.05) is 17.8 Å². The number of carbonyl (C=O) groups is 3. The second kappa shape index (κ2) is 12.9. The molecule has 2 aromatic rings. The van der Waals surface area contributed by atoms with Crippen LogP contribution in [-0.2, 0) is 36.8 Å². The fourth-order valence-corrected chi connectivity index (χ4v) is 6.91. The van der Waals surface area contributed by atoms with Gasteiger partial charge >= 0.3 is 65.1 Å². The molecule has 4 heterocycles. The molecule has 1 saturated heterocycles. The van der Waals surface area contributed by atoms with E-state index in [4.69, 9.17) is 4.55 Å². The molecule has 0 radical (unpaired) electrons. The van der Waals surface area contributed by atoms with Crippen LogP contribution in [0.3, 0.4) is 0 Å². The SMILES string of the molecule is O=C(Cc1cccs1)NC1C(=O)N2C(C(=O)O)=C(CSc3nnnn3CS(=O)(=O)O)CS[C@H]12.[NaH].[NaH]. The van der Waals surface area contributed by atoms with Crippen molar-refractivity contribution in [3.63, 3.8) is 0 Å². The van der Waals surface area contributed by atoms with Crippen LogP contribution in [0.25, 0.3) is 0 Å². The van der Waals surface area contributed by atoms with Crippen molar-refractivity contribution >= 4 is 122 Å². The molecule has 2 atom stereocenters. The van der Waals surface area contributed by atoms with Gasteiger partial charge in [0, 0.05) is 16.4 Å². The summed E-state index contributed by atoms with van der Waals surface area (Å²) in [7, 11) is -4.37. The van der Waals surface area contributed by atoms with Crippen molar-refractivity contribution in [3.05, 3.63) is 33.7 Å². The number of tetrazole rings is 1. The average molecular weight is 581 g/mol. The molecular formula is C16H18N6Na2O7S4. The van der Waals surface area contributed by atoms with Crippen LogP contribution in [0.5, 0.6) is 0 Å². The third-order valence-corrected chi connectivity index (χ3v) is 8.47. The first kappa shape index (κ1) is 30.8. The van der Waals surface area contributed by atoms with Gasteiger partial charge in [0.25, 0.3) is 16.0 Å². The Morgan fingerprint density at radius 1 is 1.31 bits per heavy atom. The van der Waals surface area contributed by atoms with Crippen molar-refractivity contribution in [2.45, 2.75) is 28.9 Å². The van der Waals surface area contributed by atoms with E-state index in [1.807, 2.05) is 17.5 Å². The number of nitrogens with one attached hydrogen (secondary N) is 1. The van der Waals surface area contributed by atoms with E-state index in [0.717, 1.165) is 26.2 Å². The molecule has 2 amide bonds. The van der Waals surface area contributed by atoms with E-state index < -0.39 is 39.3 Å². The van der Waals surface area contributed by atoms with Gasteiger partial charge in [-0.2, -0.15) is 8.42 Å². The molecule has 2 aliphatic heterocycles. The summed E-state index contributed by atoms with van der Waals surface area (Å²) >= 11 is 3.72. The fourth-order valence-electron chi connectivity index (χ4n) is 3.28. The number of β-lactam (4-membered cyclic amide) rings is 1. The molecule has 2 aliphatic rings. The molecule has 2 aromatic heterocycles. The average Bonchev–Trinajstić information content (AvgIpc) is 3.40. The van der Waals surface area contributed by atoms with Crippen molar-refractivity contribution < 1.29 is 32.5 Å². The van der Waals surface area contributed by atoms with Crippen molar-refractivity contribution in [3.8, 4) is 0 Å². The number of amides is 2. The zero-order valence-corrected chi connectivity index (χ0v) is 19.8. The van der Waals surface area contributed by atoms with E-state index in [-0.39, 0.29) is 93.8 Å². The topological polar surface area (TPSA) is 185 Å². The Hall–Kier alpha value is -0.470. The number of nitrogens with zero attached hydrogens (tertiary/aromatic N) is 5. The molecule has 3 N–H and O–H groups in total. The summed E-state index contributed by atoms with van der Waals surface area (Å²) in [4.78, 5) is 38.9. The molecule has 0 aliphatic carbocycles. The van der Waals surface area contributed by atoms with E-state index in [2.05, 4.69) is 20.8 Å². The van der Waals surface area contributed by atoms with Crippen molar-refractivity contribution in [1.82, 2.24) is 30.4 Å². The normalized spacial score (nSPS) is 19.2. The predicted molar refractivity (Wildman–Crippen MR) is 132 cm³/mol. The van der Waals surface area contributed by atoms with Crippen molar-refractivity contribution in [2.24, 2.45) is 0 Å². The Bertz CT molecular complexity index is 1240. The number of carboxylic acids is 1. The Balaban J connectivity index is 0.00000216. The van der Waals surface area contributed by atoms with Gasteiger partial charge in [-0.25, -0.2) is 9.48 Å². The molecule has 1 unspecified atom stereocenters. The Morgan fingerprint density at radius 3 is 2.69 bits per heavy atom. The Kier molecular flexibility index (Phi) is 11.3. The van der Waals surface area contributed by atoms with Crippen molar-refractivity contribution in [1.29, 1.82) is 0 Å². The van der Waals surface area contributed by atoms with Gasteiger partial charge in [0.15, 0.2) is 5.88 Å². The fraction of sp³-hybridized carbons (Fsp3) is 0.375. The maximum absolute atomic E-state index is 12.7. The summed E-state index contributed by atoms with van der Waals surface area (Å²) in [5, 5.41) is 24.3. The minimum absolute atomic E-state index is 0. The summed E-state index contributed by atoms with van der Waals surface area (Å²) in [5.74, 6) is -2.61. The number of hydrogen-bond donors (Lipinski definition) is 3. The molecule has 0 aromatic carbocycles. The van der Waals surface area contributed by atoms with E-state index in [9.17, 15) is 27.9 Å². The molecule has 35 heavy (non-hydrogen) atoms. The van der Waals surface area contributed by atoms with E-state index >= 15 is 0 Å². The van der Waals surface area contributed by atoms with Gasteiger partial charge in [-0.15, -0.1) is 28.2 Å². The summed E-state index contributed by atoms with van der Waals surface area (Å²) in [6.07, 6.45) is 0.140. The summed E-state index contributed by atoms with van der Waals surface area (Å²) in [5.41, 5.74) is 0.251. The Morgan fingerprint density at radius 2 is 2.06 bits per heavy atom. The molecule has 4 rings (SSSR count). The predicted octanol–water partition coefficient (Wildman–Crippen LogP) is -1.64. The van der Waals surface area contributed by atoms with E-state index in [1.54, 1.807) is 0 Å². The summed E-state index contributed by atoms with van der Waals surface area (Å²) in [6, 6.07) is 2.83. The van der Waals surface area contributed by atoms with Crippen LogP contribution < -0.4 is 5.32 Å². The number of thioether (sulfide) groups is 2. The molecule has 0 bridgehead atoms. The first-order valence-corrected chi connectivity index (χ1v) is 13.7. The first-order valence-electron chi connectivity index (χ1n) is 9.20. The van der Waals surface area contributed by atoms with Crippen LogP contribution in [0.4, 0.5) is 0 Å². The van der Waals surface area contributed by atoms with Crippen LogP contribution in [0.1, 0.15) is 4.88 Å². The van der Waals surface area contributed by atoms with Gasteiger partial charge in [0.2, 0.25) is 11.1 Å².